The second-order valence-corrected chi connectivity index (χ2v) is 4.67. The highest BCUT2D eigenvalue weighted by atomic mass is 16.3. The molecule has 0 amide bonds. The van der Waals surface area contributed by atoms with E-state index >= 15 is 0 Å². The third-order valence-electron chi connectivity index (χ3n) is 3.33. The summed E-state index contributed by atoms with van der Waals surface area (Å²) in [4.78, 5) is 36.7. The number of carbonyl (C=O) groups is 3. The van der Waals surface area contributed by atoms with Gasteiger partial charge in [0.15, 0.2) is 17.3 Å². The van der Waals surface area contributed by atoms with E-state index in [4.69, 9.17) is 0 Å². The molecule has 1 aliphatic carbocycles. The quantitative estimate of drug-likeness (QED) is 0.677. The van der Waals surface area contributed by atoms with E-state index in [9.17, 15) is 19.5 Å². The molecule has 3 rings (SSSR count). The predicted octanol–water partition coefficient (Wildman–Crippen LogP) is 2.58. The Bertz CT molecular complexity index is 798. The van der Waals surface area contributed by atoms with E-state index in [1.807, 2.05) is 0 Å². The zero-order chi connectivity index (χ0) is 15.0. The van der Waals surface area contributed by atoms with Crippen molar-refractivity contribution in [2.24, 2.45) is 0 Å². The molecule has 2 aromatic rings. The molecule has 102 valence electrons. The molecule has 1 N–H and O–H groups in total. The highest BCUT2D eigenvalue weighted by molar-refractivity contribution is 6.37. The van der Waals surface area contributed by atoms with Gasteiger partial charge in [-0.1, -0.05) is 24.3 Å². The fourth-order valence-corrected chi connectivity index (χ4v) is 2.25. The Morgan fingerprint density at radius 3 is 2.14 bits per heavy atom. The van der Waals surface area contributed by atoms with Gasteiger partial charge in [-0.2, -0.15) is 0 Å². The van der Waals surface area contributed by atoms with Crippen molar-refractivity contribution < 1.29 is 19.5 Å². The average molecular weight is 278 g/mol. The van der Waals surface area contributed by atoms with E-state index in [0.29, 0.717) is 5.56 Å². The molecule has 4 heteroatoms. The van der Waals surface area contributed by atoms with Crippen LogP contribution in [-0.4, -0.2) is 22.5 Å². The van der Waals surface area contributed by atoms with Crippen LogP contribution in [0.4, 0.5) is 0 Å². The van der Waals surface area contributed by atoms with Gasteiger partial charge in [0.05, 0.1) is 5.57 Å². The van der Waals surface area contributed by atoms with Gasteiger partial charge in [0.1, 0.15) is 5.75 Å². The summed E-state index contributed by atoms with van der Waals surface area (Å²) >= 11 is 0. The lowest BCUT2D eigenvalue weighted by molar-refractivity contribution is 0.0934. The van der Waals surface area contributed by atoms with E-state index in [0.717, 1.165) is 6.08 Å². The number of hydrogen-bond donors (Lipinski definition) is 1. The molecule has 0 fully saturated rings. The minimum atomic E-state index is -0.525. The summed E-state index contributed by atoms with van der Waals surface area (Å²) in [5.74, 6) is -1.31. The number of benzene rings is 2. The predicted molar refractivity (Wildman–Crippen MR) is 75.6 cm³/mol. The molecule has 0 spiro atoms. The van der Waals surface area contributed by atoms with Crippen molar-refractivity contribution >= 4 is 17.3 Å². The highest BCUT2D eigenvalue weighted by Gasteiger charge is 2.29. The maximum atomic E-state index is 12.4. The van der Waals surface area contributed by atoms with Crippen LogP contribution in [0.1, 0.15) is 31.1 Å². The molecule has 0 bridgehead atoms. The van der Waals surface area contributed by atoms with Crippen molar-refractivity contribution in [1.82, 2.24) is 0 Å². The molecule has 0 atom stereocenters. The fraction of sp³-hybridized carbons (Fsp3) is 0. The molecule has 0 saturated heterocycles. The fourth-order valence-electron chi connectivity index (χ4n) is 2.25. The van der Waals surface area contributed by atoms with Gasteiger partial charge in [0.2, 0.25) is 0 Å². The Labute approximate surface area is 120 Å². The Morgan fingerprint density at radius 2 is 1.48 bits per heavy atom. The monoisotopic (exact) mass is 278 g/mol. The number of Topliss-reactive ketones (excluding diaryl/α,β-unsaturated/α-hetero) is 2. The molecule has 0 aliphatic heterocycles. The van der Waals surface area contributed by atoms with Gasteiger partial charge in [-0.25, -0.2) is 0 Å². The number of phenols is 1. The number of rotatable bonds is 2. The van der Waals surface area contributed by atoms with E-state index < -0.39 is 11.6 Å². The first-order chi connectivity index (χ1) is 10.1. The molecule has 0 aromatic heterocycles. The van der Waals surface area contributed by atoms with Crippen molar-refractivity contribution in [3.05, 3.63) is 76.9 Å². The number of fused-ring (bicyclic) bond motifs is 1. The van der Waals surface area contributed by atoms with Gasteiger partial charge in [-0.3, -0.25) is 14.4 Å². The number of allylic oxidation sites excluding steroid dienone is 2. The van der Waals surface area contributed by atoms with Crippen molar-refractivity contribution in [2.45, 2.75) is 0 Å². The van der Waals surface area contributed by atoms with E-state index in [-0.39, 0.29) is 28.2 Å². The zero-order valence-corrected chi connectivity index (χ0v) is 10.9. The molecule has 0 unspecified atom stereocenters. The summed E-state index contributed by atoms with van der Waals surface area (Å²) in [7, 11) is 0. The van der Waals surface area contributed by atoms with Crippen molar-refractivity contribution in [1.29, 1.82) is 0 Å². The van der Waals surface area contributed by atoms with Crippen LogP contribution < -0.4 is 0 Å². The lowest BCUT2D eigenvalue weighted by Crippen LogP contribution is -2.22. The molecule has 1 aliphatic rings. The zero-order valence-electron chi connectivity index (χ0n) is 10.9. The van der Waals surface area contributed by atoms with Gasteiger partial charge < -0.3 is 5.11 Å². The third-order valence-corrected chi connectivity index (χ3v) is 3.33. The van der Waals surface area contributed by atoms with Gasteiger partial charge in [0.25, 0.3) is 0 Å². The van der Waals surface area contributed by atoms with Gasteiger partial charge in [-0.15, -0.1) is 0 Å². The maximum Gasteiger partial charge on any atom is 0.197 e. The SMILES string of the molecule is O=C(C1=CC(=O)c2ccccc2C1=O)c1ccc(O)cc1. The first-order valence-electron chi connectivity index (χ1n) is 6.31. The first-order valence-corrected chi connectivity index (χ1v) is 6.31. The van der Waals surface area contributed by atoms with Crippen LogP contribution in [0, 0.1) is 0 Å². The minimum Gasteiger partial charge on any atom is -0.508 e. The molecule has 0 saturated carbocycles. The minimum absolute atomic E-state index is 0.0249. The van der Waals surface area contributed by atoms with Crippen LogP contribution in [-0.2, 0) is 0 Å². The highest BCUT2D eigenvalue weighted by Crippen LogP contribution is 2.24. The summed E-state index contributed by atoms with van der Waals surface area (Å²) in [6.45, 7) is 0. The molecule has 0 heterocycles. The van der Waals surface area contributed by atoms with Crippen molar-refractivity contribution in [3.8, 4) is 5.75 Å². The maximum absolute atomic E-state index is 12.4. The lowest BCUT2D eigenvalue weighted by atomic mass is 9.86. The Hall–Kier alpha value is -3.01. The largest absolute Gasteiger partial charge is 0.508 e. The van der Waals surface area contributed by atoms with Crippen LogP contribution in [0.3, 0.4) is 0 Å². The standard InChI is InChI=1S/C17H10O4/c18-11-7-5-10(6-8-11)16(20)14-9-15(19)12-3-1-2-4-13(12)17(14)21/h1-9,18H. The summed E-state index contributed by atoms with van der Waals surface area (Å²) in [6, 6.07) is 12.0. The van der Waals surface area contributed by atoms with Crippen LogP contribution in [0.2, 0.25) is 0 Å². The number of aromatic hydroxyl groups is 1. The topological polar surface area (TPSA) is 71.4 Å². The van der Waals surface area contributed by atoms with E-state index in [1.165, 1.54) is 30.3 Å². The smallest absolute Gasteiger partial charge is 0.197 e. The average Bonchev–Trinajstić information content (AvgIpc) is 2.51. The van der Waals surface area contributed by atoms with Crippen LogP contribution in [0.25, 0.3) is 0 Å². The summed E-state index contributed by atoms with van der Waals surface area (Å²) in [5.41, 5.74) is 0.654. The second-order valence-electron chi connectivity index (χ2n) is 4.67. The van der Waals surface area contributed by atoms with E-state index in [2.05, 4.69) is 0 Å². The number of ketones is 3. The number of carbonyl (C=O) groups excluding carboxylic acids is 3. The molecular weight excluding hydrogens is 268 g/mol. The normalized spacial score (nSPS) is 13.6. The van der Waals surface area contributed by atoms with Gasteiger partial charge in [0, 0.05) is 22.8 Å². The third kappa shape index (κ3) is 2.17. The van der Waals surface area contributed by atoms with Crippen LogP contribution in [0.5, 0.6) is 5.75 Å². The molecule has 0 radical (unpaired) electrons. The summed E-state index contributed by atoms with van der Waals surface area (Å²) in [6.07, 6.45) is 1.08. The molecular formula is C17H10O4. The number of phenolic OH excluding ortho intramolecular Hbond substituents is 1. The lowest BCUT2D eigenvalue weighted by Gasteiger charge is -2.14. The second kappa shape index (κ2) is 4.83. The van der Waals surface area contributed by atoms with Gasteiger partial charge >= 0.3 is 0 Å². The Kier molecular flexibility index (Phi) is 2.99. The summed E-state index contributed by atoms with van der Waals surface area (Å²) in [5, 5.41) is 9.23. The Balaban J connectivity index is 2.04. The molecule has 21 heavy (non-hydrogen) atoms. The Morgan fingerprint density at radius 1 is 0.857 bits per heavy atom. The van der Waals surface area contributed by atoms with E-state index in [1.54, 1.807) is 18.2 Å². The summed E-state index contributed by atoms with van der Waals surface area (Å²) < 4.78 is 0. The van der Waals surface area contributed by atoms with Gasteiger partial charge in [-0.05, 0) is 24.3 Å². The first kappa shape index (κ1) is 13.0. The van der Waals surface area contributed by atoms with Crippen LogP contribution >= 0.6 is 0 Å². The number of hydrogen-bond acceptors (Lipinski definition) is 4. The van der Waals surface area contributed by atoms with Crippen molar-refractivity contribution in [3.63, 3.8) is 0 Å². The molecule has 2 aromatic carbocycles. The van der Waals surface area contributed by atoms with Crippen molar-refractivity contribution in [2.75, 3.05) is 0 Å². The van der Waals surface area contributed by atoms with Crippen LogP contribution in [0.15, 0.2) is 60.2 Å². The molecule has 4 nitrogen and oxygen atoms in total.